The van der Waals surface area contributed by atoms with Gasteiger partial charge in [-0.25, -0.2) is 0 Å². The van der Waals surface area contributed by atoms with Gasteiger partial charge in [0, 0.05) is 0 Å². The largest absolute Gasteiger partial charge is 0.345 e. The monoisotopic (exact) mass is 452 g/mol. The quantitative estimate of drug-likeness (QED) is 0.266. The van der Waals surface area contributed by atoms with Gasteiger partial charge in [-0.3, -0.25) is 8.98 Å². The minimum atomic E-state index is -3.96. The number of hydrogen-bond donors (Lipinski definition) is 0. The highest BCUT2D eigenvalue weighted by Crippen LogP contribution is 2.31. The van der Waals surface area contributed by atoms with E-state index in [9.17, 15) is 26.4 Å². The van der Waals surface area contributed by atoms with Gasteiger partial charge < -0.3 is 8.98 Å². The van der Waals surface area contributed by atoms with E-state index in [0.29, 0.717) is 38.4 Å². The Morgan fingerprint density at radius 1 is 0.828 bits per heavy atom. The number of carbonyl (C=O) groups excluding carboxylic acids is 2. The molecule has 2 aliphatic carbocycles. The Morgan fingerprint density at radius 2 is 1.38 bits per heavy atom. The standard InChI is InChI=1S/C19H32O8S2/c20-16-19(12-6-2-7-13-19)27-29(24,25)15-9-3-8-14-28(22,23)26-18(21)17-10-4-1-5-11-17/h16-17H,1-15H2. The van der Waals surface area contributed by atoms with Crippen molar-refractivity contribution in [1.29, 1.82) is 0 Å². The molecule has 0 radical (unpaired) electrons. The molecule has 8 nitrogen and oxygen atoms in total. The molecule has 0 N–H and O–H groups in total. The molecule has 0 bridgehead atoms. The molecule has 0 aromatic carbocycles. The Balaban J connectivity index is 1.69. The van der Waals surface area contributed by atoms with Crippen molar-refractivity contribution in [3.05, 3.63) is 0 Å². The third-order valence-electron chi connectivity index (χ3n) is 5.64. The Hall–Kier alpha value is -1.00. The van der Waals surface area contributed by atoms with E-state index in [0.717, 1.165) is 38.5 Å². The average molecular weight is 453 g/mol. The van der Waals surface area contributed by atoms with Gasteiger partial charge in [-0.15, -0.1) is 0 Å². The van der Waals surface area contributed by atoms with Crippen LogP contribution in [-0.4, -0.2) is 46.2 Å². The lowest BCUT2D eigenvalue weighted by Gasteiger charge is -2.30. The predicted octanol–water partition coefficient (Wildman–Crippen LogP) is 2.86. The molecule has 0 aliphatic heterocycles. The van der Waals surface area contributed by atoms with Crippen molar-refractivity contribution < 1.29 is 34.8 Å². The summed E-state index contributed by atoms with van der Waals surface area (Å²) in [6.45, 7) is 0. The van der Waals surface area contributed by atoms with E-state index >= 15 is 0 Å². The lowest BCUT2D eigenvalue weighted by Crippen LogP contribution is -2.39. The second kappa shape index (κ2) is 10.9. The van der Waals surface area contributed by atoms with E-state index < -0.39 is 31.8 Å². The van der Waals surface area contributed by atoms with Gasteiger partial charge in [-0.2, -0.15) is 16.8 Å². The van der Waals surface area contributed by atoms with Gasteiger partial charge in [-0.05, 0) is 38.5 Å². The van der Waals surface area contributed by atoms with Crippen LogP contribution >= 0.6 is 0 Å². The highest BCUT2D eigenvalue weighted by atomic mass is 32.2. The molecule has 0 amide bonds. The zero-order valence-electron chi connectivity index (χ0n) is 16.8. The van der Waals surface area contributed by atoms with Crippen LogP contribution in [0.5, 0.6) is 0 Å². The van der Waals surface area contributed by atoms with Crippen LogP contribution in [0.4, 0.5) is 0 Å². The predicted molar refractivity (Wildman–Crippen MR) is 107 cm³/mol. The first-order chi connectivity index (χ1) is 13.7. The van der Waals surface area contributed by atoms with E-state index in [4.69, 9.17) is 8.37 Å². The molecule has 0 atom stereocenters. The minimum Gasteiger partial charge on any atom is -0.345 e. The molecule has 168 valence electrons. The van der Waals surface area contributed by atoms with Crippen LogP contribution in [0.15, 0.2) is 0 Å². The normalized spacial score (nSPS) is 20.8. The summed E-state index contributed by atoms with van der Waals surface area (Å²) in [6.07, 6.45) is 8.78. The molecule has 10 heteroatoms. The molecule has 2 rings (SSSR count). The van der Waals surface area contributed by atoms with Crippen LogP contribution in [0, 0.1) is 5.92 Å². The van der Waals surface area contributed by atoms with E-state index in [2.05, 4.69) is 0 Å². The molecular weight excluding hydrogens is 420 g/mol. The maximum atomic E-state index is 12.2. The summed E-state index contributed by atoms with van der Waals surface area (Å²) in [5, 5.41) is 0. The molecule has 2 saturated carbocycles. The van der Waals surface area contributed by atoms with Crippen LogP contribution in [0.3, 0.4) is 0 Å². The van der Waals surface area contributed by atoms with Gasteiger partial charge in [0.25, 0.3) is 10.1 Å². The second-order valence-corrected chi connectivity index (χ2v) is 11.5. The smallest absolute Gasteiger partial charge is 0.325 e. The van der Waals surface area contributed by atoms with Crippen molar-refractivity contribution in [2.24, 2.45) is 5.92 Å². The van der Waals surface area contributed by atoms with E-state index in [1.54, 1.807) is 0 Å². The zero-order chi connectivity index (χ0) is 21.4. The first kappa shape index (κ1) is 24.3. The molecule has 0 heterocycles. The number of rotatable bonds is 11. The summed E-state index contributed by atoms with van der Waals surface area (Å²) in [6, 6.07) is 0. The van der Waals surface area contributed by atoms with Gasteiger partial charge in [0.1, 0.15) is 5.60 Å². The molecule has 0 spiro atoms. The first-order valence-electron chi connectivity index (χ1n) is 10.5. The van der Waals surface area contributed by atoms with E-state index in [1.165, 1.54) is 0 Å². The minimum absolute atomic E-state index is 0.189. The van der Waals surface area contributed by atoms with Crippen molar-refractivity contribution in [1.82, 2.24) is 0 Å². The topological polar surface area (TPSA) is 121 Å². The van der Waals surface area contributed by atoms with Gasteiger partial charge >= 0.3 is 16.1 Å². The van der Waals surface area contributed by atoms with Gasteiger partial charge in [-0.1, -0.05) is 44.9 Å². The Bertz CT molecular complexity index is 745. The third kappa shape index (κ3) is 8.33. The molecule has 0 aromatic heterocycles. The van der Waals surface area contributed by atoms with Crippen molar-refractivity contribution in [2.75, 3.05) is 11.5 Å². The van der Waals surface area contributed by atoms with Gasteiger partial charge in [0.2, 0.25) is 0 Å². The summed E-state index contributed by atoms with van der Waals surface area (Å²) in [7, 11) is -7.83. The number of carbonyl (C=O) groups is 2. The number of hydrogen-bond acceptors (Lipinski definition) is 8. The molecule has 0 saturated heterocycles. The highest BCUT2D eigenvalue weighted by molar-refractivity contribution is 7.87. The summed E-state index contributed by atoms with van der Waals surface area (Å²) in [4.78, 5) is 23.3. The third-order valence-corrected chi connectivity index (χ3v) is 8.23. The second-order valence-electron chi connectivity index (χ2n) is 8.15. The van der Waals surface area contributed by atoms with E-state index in [-0.39, 0.29) is 30.3 Å². The van der Waals surface area contributed by atoms with Crippen molar-refractivity contribution in [3.8, 4) is 0 Å². The molecule has 2 aliphatic rings. The van der Waals surface area contributed by atoms with Crippen molar-refractivity contribution in [3.63, 3.8) is 0 Å². The van der Waals surface area contributed by atoms with Crippen LogP contribution in [-0.2, 0) is 38.2 Å². The fourth-order valence-electron chi connectivity index (χ4n) is 3.97. The van der Waals surface area contributed by atoms with Crippen LogP contribution in [0.2, 0.25) is 0 Å². The zero-order valence-corrected chi connectivity index (χ0v) is 18.5. The maximum Gasteiger partial charge on any atom is 0.325 e. The lowest BCUT2D eigenvalue weighted by atomic mass is 9.86. The Morgan fingerprint density at radius 3 is 1.97 bits per heavy atom. The van der Waals surface area contributed by atoms with Gasteiger partial charge in [0.05, 0.1) is 17.4 Å². The number of aldehydes is 1. The first-order valence-corrected chi connectivity index (χ1v) is 13.7. The summed E-state index contributed by atoms with van der Waals surface area (Å²) < 4.78 is 58.2. The lowest BCUT2D eigenvalue weighted by molar-refractivity contribution is -0.139. The summed E-state index contributed by atoms with van der Waals surface area (Å²) >= 11 is 0. The fourth-order valence-corrected chi connectivity index (χ4v) is 6.35. The highest BCUT2D eigenvalue weighted by Gasteiger charge is 2.37. The average Bonchev–Trinajstić information content (AvgIpc) is 2.68. The van der Waals surface area contributed by atoms with Crippen molar-refractivity contribution >= 4 is 32.5 Å². The number of unbranched alkanes of at least 4 members (excludes halogenated alkanes) is 2. The maximum absolute atomic E-state index is 12.2. The Kier molecular flexibility index (Phi) is 9.09. The summed E-state index contributed by atoms with van der Waals surface area (Å²) in [5.41, 5.74) is -1.24. The molecule has 2 fully saturated rings. The van der Waals surface area contributed by atoms with Crippen LogP contribution in [0.1, 0.15) is 83.5 Å². The van der Waals surface area contributed by atoms with Gasteiger partial charge in [0.15, 0.2) is 6.29 Å². The molecule has 29 heavy (non-hydrogen) atoms. The van der Waals surface area contributed by atoms with Crippen LogP contribution in [0.25, 0.3) is 0 Å². The summed E-state index contributed by atoms with van der Waals surface area (Å²) in [5.74, 6) is -1.62. The molecular formula is C19H32O8S2. The fraction of sp³-hybridized carbons (Fsp3) is 0.895. The van der Waals surface area contributed by atoms with Crippen molar-refractivity contribution in [2.45, 2.75) is 89.1 Å². The van der Waals surface area contributed by atoms with E-state index in [1.807, 2.05) is 0 Å². The van der Waals surface area contributed by atoms with Crippen LogP contribution < -0.4 is 0 Å². The molecule has 0 aromatic rings. The molecule has 0 unspecified atom stereocenters. The Labute approximate surface area is 174 Å². The SMILES string of the molecule is O=CC1(OS(=O)(=O)CCCCCS(=O)(=O)OC(=O)C2CCCCC2)CCCCC1.